The van der Waals surface area contributed by atoms with Gasteiger partial charge in [0.2, 0.25) is 0 Å². The van der Waals surface area contributed by atoms with Crippen LogP contribution in [0.4, 0.5) is 30.0 Å². The summed E-state index contributed by atoms with van der Waals surface area (Å²) in [6.07, 6.45) is 0.667. The van der Waals surface area contributed by atoms with Crippen LogP contribution in [-0.2, 0) is 25.6 Å². The molecule has 2 fully saturated rings. The number of anilines is 2. The standard InChI is InChI=1S/C19H28FN3O3.C12H16N2O3.C7H12FNO/c1-13-10-15(11-16(21-13)22-17(25)26-18(3,4)5)12-23-8-6-19(20,7-9-23)14(2)24;1-8-5-9(7-15)6-10(13-8)14-11(16)17-12(2,3)4;1-6(10)7(8)2-4-9-5-3-7/h10-11H,6-9,12H2,1-5H3,(H,21,22,25);5-7H,1-4H3,(H,13,14,16);9H,2-5H2,1H3. The summed E-state index contributed by atoms with van der Waals surface area (Å²) in [4.78, 5) is 66.7. The van der Waals surface area contributed by atoms with Crippen molar-refractivity contribution in [1.29, 1.82) is 0 Å². The minimum Gasteiger partial charge on any atom is -0.444 e. The number of nitrogens with one attached hydrogen (secondary N) is 3. The fraction of sp³-hybridized carbons (Fsp3) is 0.605. The molecule has 0 aliphatic carbocycles. The van der Waals surface area contributed by atoms with Crippen molar-refractivity contribution in [3.8, 4) is 0 Å². The zero-order valence-corrected chi connectivity index (χ0v) is 32.7. The molecule has 0 atom stereocenters. The summed E-state index contributed by atoms with van der Waals surface area (Å²) in [5.41, 5.74) is -1.50. The molecule has 53 heavy (non-hydrogen) atoms. The number of halogens is 2. The topological polar surface area (TPSA) is 169 Å². The summed E-state index contributed by atoms with van der Waals surface area (Å²) in [6.45, 7) is 19.8. The van der Waals surface area contributed by atoms with Gasteiger partial charge in [-0.15, -0.1) is 0 Å². The third-order valence-corrected chi connectivity index (χ3v) is 8.10. The lowest BCUT2D eigenvalue weighted by molar-refractivity contribution is -0.131. The van der Waals surface area contributed by atoms with Crippen LogP contribution in [0.15, 0.2) is 24.3 Å². The maximum absolute atomic E-state index is 14.4. The molecule has 3 N–H and O–H groups in total. The highest BCUT2D eigenvalue weighted by Gasteiger charge is 2.39. The number of carbonyl (C=O) groups excluding carboxylic acids is 5. The fourth-order valence-electron chi connectivity index (χ4n) is 5.39. The molecule has 15 heteroatoms. The smallest absolute Gasteiger partial charge is 0.413 e. The van der Waals surface area contributed by atoms with Gasteiger partial charge < -0.3 is 14.8 Å². The molecule has 13 nitrogen and oxygen atoms in total. The van der Waals surface area contributed by atoms with Crippen LogP contribution in [0, 0.1) is 13.8 Å². The summed E-state index contributed by atoms with van der Waals surface area (Å²) in [6, 6.07) is 6.85. The predicted octanol–water partition coefficient (Wildman–Crippen LogP) is 6.85. The van der Waals surface area contributed by atoms with Gasteiger partial charge >= 0.3 is 12.2 Å². The van der Waals surface area contributed by atoms with Gasteiger partial charge in [0.05, 0.1) is 0 Å². The van der Waals surface area contributed by atoms with Crippen molar-refractivity contribution in [2.75, 3.05) is 36.8 Å². The number of ketones is 2. The molecular weight excluding hydrogens is 690 g/mol. The van der Waals surface area contributed by atoms with E-state index >= 15 is 0 Å². The van der Waals surface area contributed by atoms with Crippen molar-refractivity contribution in [2.45, 2.75) is 124 Å². The molecule has 0 unspecified atom stereocenters. The quantitative estimate of drug-likeness (QED) is 0.254. The number of likely N-dealkylation sites (tertiary alicyclic amines) is 1. The Hall–Kier alpha value is -4.37. The van der Waals surface area contributed by atoms with Gasteiger partial charge in [-0.3, -0.25) is 29.9 Å². The van der Waals surface area contributed by atoms with Crippen molar-refractivity contribution in [3.05, 3.63) is 46.8 Å². The Labute approximate surface area is 311 Å². The number of hydrogen-bond acceptors (Lipinski definition) is 11. The Kier molecular flexibility index (Phi) is 16.1. The van der Waals surface area contributed by atoms with E-state index < -0.39 is 34.7 Å². The van der Waals surface area contributed by atoms with E-state index in [1.807, 2.05) is 13.0 Å². The van der Waals surface area contributed by atoms with Gasteiger partial charge in [-0.05, 0) is 112 Å². The van der Waals surface area contributed by atoms with Gasteiger partial charge in [0.15, 0.2) is 22.9 Å². The summed E-state index contributed by atoms with van der Waals surface area (Å²) in [5.74, 6) is 0.0194. The SMILES string of the molecule is CC(=O)C1(F)CCN(Cc2cc(C)nc(NC(=O)OC(C)(C)C)c2)CC1.CC(=O)C1(F)CCNCC1.Cc1cc(C=O)cc(NC(=O)OC(C)(C)C)n1. The summed E-state index contributed by atoms with van der Waals surface area (Å²) < 4.78 is 38.0. The van der Waals surface area contributed by atoms with Crippen LogP contribution in [0.5, 0.6) is 0 Å². The molecule has 2 aliphatic rings. The first-order chi connectivity index (χ1) is 24.4. The molecule has 4 heterocycles. The van der Waals surface area contributed by atoms with E-state index in [9.17, 15) is 32.8 Å². The maximum Gasteiger partial charge on any atom is 0.413 e. The van der Waals surface area contributed by atoms with Crippen molar-refractivity contribution < 1.29 is 42.2 Å². The first kappa shape index (κ1) is 44.8. The van der Waals surface area contributed by atoms with Gasteiger partial charge in [0, 0.05) is 62.3 Å². The molecule has 0 aromatic carbocycles. The molecule has 4 rings (SSSR count). The second-order valence-electron chi connectivity index (χ2n) is 15.4. The maximum atomic E-state index is 14.4. The molecule has 294 valence electrons. The minimum atomic E-state index is -1.69. The second-order valence-corrected chi connectivity index (χ2v) is 15.4. The molecule has 0 radical (unpaired) electrons. The van der Waals surface area contributed by atoms with Crippen molar-refractivity contribution in [2.24, 2.45) is 0 Å². The molecule has 0 bridgehead atoms. The van der Waals surface area contributed by atoms with Crippen LogP contribution < -0.4 is 16.0 Å². The highest BCUT2D eigenvalue weighted by Crippen LogP contribution is 2.29. The lowest BCUT2D eigenvalue weighted by atomic mass is 9.89. The normalized spacial score (nSPS) is 16.7. The molecular formula is C38H56F2N6O7. The number of Topliss-reactive ketones (excluding diaryl/α,β-unsaturated/α-hetero) is 2. The number of aryl methyl sites for hydroxylation is 2. The monoisotopic (exact) mass is 746 g/mol. The zero-order valence-electron chi connectivity index (χ0n) is 32.7. The van der Waals surface area contributed by atoms with Crippen LogP contribution in [-0.4, -0.2) is 93.6 Å². The first-order valence-electron chi connectivity index (χ1n) is 17.7. The van der Waals surface area contributed by atoms with E-state index in [0.717, 1.165) is 11.3 Å². The largest absolute Gasteiger partial charge is 0.444 e. The number of nitrogens with zero attached hydrogens (tertiary/aromatic N) is 3. The van der Waals surface area contributed by atoms with Crippen molar-refractivity contribution >= 4 is 41.7 Å². The fourth-order valence-corrected chi connectivity index (χ4v) is 5.39. The zero-order chi connectivity index (χ0) is 40.2. The van der Waals surface area contributed by atoms with Gasteiger partial charge in [0.1, 0.15) is 29.1 Å². The number of pyridine rings is 2. The second kappa shape index (κ2) is 19.1. The third-order valence-electron chi connectivity index (χ3n) is 8.10. The summed E-state index contributed by atoms with van der Waals surface area (Å²) in [5, 5.41) is 8.13. The van der Waals surface area contributed by atoms with E-state index in [1.54, 1.807) is 60.6 Å². The van der Waals surface area contributed by atoms with Crippen LogP contribution in [0.1, 0.15) is 108 Å². The lowest BCUT2D eigenvalue weighted by Crippen LogP contribution is -2.45. The van der Waals surface area contributed by atoms with Crippen LogP contribution in [0.2, 0.25) is 0 Å². The van der Waals surface area contributed by atoms with E-state index in [1.165, 1.54) is 19.9 Å². The Balaban J connectivity index is 0.000000307. The molecule has 2 aromatic rings. The highest BCUT2D eigenvalue weighted by molar-refractivity contribution is 5.86. The molecule has 2 aromatic heterocycles. The van der Waals surface area contributed by atoms with Gasteiger partial charge in [-0.25, -0.2) is 28.3 Å². The van der Waals surface area contributed by atoms with E-state index in [2.05, 4.69) is 30.8 Å². The lowest BCUT2D eigenvalue weighted by Gasteiger charge is -2.34. The minimum absolute atomic E-state index is 0.218. The van der Waals surface area contributed by atoms with E-state index in [0.29, 0.717) is 74.7 Å². The Morgan fingerprint density at radius 3 is 1.62 bits per heavy atom. The number of piperidine rings is 2. The molecule has 2 saturated heterocycles. The van der Waals surface area contributed by atoms with Gasteiger partial charge in [-0.2, -0.15) is 0 Å². The number of amides is 2. The number of aldehydes is 1. The number of alkyl halides is 2. The number of aromatic nitrogens is 2. The third kappa shape index (κ3) is 16.5. The van der Waals surface area contributed by atoms with E-state index in [-0.39, 0.29) is 24.4 Å². The highest BCUT2D eigenvalue weighted by atomic mass is 19.1. The van der Waals surface area contributed by atoms with E-state index in [4.69, 9.17) is 9.47 Å². The number of hydrogen-bond donors (Lipinski definition) is 3. The number of rotatable bonds is 7. The van der Waals surface area contributed by atoms with Crippen LogP contribution in [0.25, 0.3) is 0 Å². The Morgan fingerprint density at radius 1 is 0.774 bits per heavy atom. The Morgan fingerprint density at radius 2 is 1.21 bits per heavy atom. The molecule has 2 amide bonds. The summed E-state index contributed by atoms with van der Waals surface area (Å²) >= 11 is 0. The van der Waals surface area contributed by atoms with Crippen molar-refractivity contribution in [3.63, 3.8) is 0 Å². The van der Waals surface area contributed by atoms with Gasteiger partial charge in [0.25, 0.3) is 0 Å². The van der Waals surface area contributed by atoms with Crippen LogP contribution in [0.3, 0.4) is 0 Å². The van der Waals surface area contributed by atoms with Crippen molar-refractivity contribution in [1.82, 2.24) is 20.2 Å². The number of ether oxygens (including phenoxy) is 2. The Bertz CT molecular complexity index is 1590. The average molecular weight is 747 g/mol. The molecule has 2 aliphatic heterocycles. The van der Waals surface area contributed by atoms with Crippen LogP contribution >= 0.6 is 0 Å². The first-order valence-corrected chi connectivity index (χ1v) is 17.7. The number of carbonyl (C=O) groups is 5. The van der Waals surface area contributed by atoms with Gasteiger partial charge in [-0.1, -0.05) is 0 Å². The summed E-state index contributed by atoms with van der Waals surface area (Å²) in [7, 11) is 0. The molecule has 0 spiro atoms. The average Bonchev–Trinajstić information content (AvgIpc) is 3.00. The predicted molar refractivity (Wildman–Crippen MR) is 199 cm³/mol. The molecule has 0 saturated carbocycles.